The number of aliphatic hydroxyl groups is 1. The van der Waals surface area contributed by atoms with Gasteiger partial charge in [0.15, 0.2) is 0 Å². The van der Waals surface area contributed by atoms with Gasteiger partial charge < -0.3 is 19.5 Å². The fraction of sp³-hybridized carbons (Fsp3) is 0.231. The zero-order valence-corrected chi connectivity index (χ0v) is 11.5. The van der Waals surface area contributed by atoms with Crippen LogP contribution in [0.25, 0.3) is 11.3 Å². The topological polar surface area (TPSA) is 84.6 Å². The number of carbonyl (C=O) groups is 1. The van der Waals surface area contributed by atoms with Crippen molar-refractivity contribution < 1.29 is 19.7 Å². The van der Waals surface area contributed by atoms with Crippen LogP contribution >= 0.6 is 11.6 Å². The van der Waals surface area contributed by atoms with Crippen LogP contribution in [0.2, 0.25) is 5.02 Å². The van der Waals surface area contributed by atoms with E-state index < -0.39 is 5.97 Å². The molecule has 1 aromatic carbocycles. The Kier molecular flexibility index (Phi) is 4.26. The van der Waals surface area contributed by atoms with Gasteiger partial charge in [-0.15, -0.1) is 0 Å². The summed E-state index contributed by atoms with van der Waals surface area (Å²) >= 11 is 5.93. The van der Waals surface area contributed by atoms with Crippen LogP contribution in [0.1, 0.15) is 10.4 Å². The third-order valence-electron chi connectivity index (χ3n) is 2.81. The van der Waals surface area contributed by atoms with Crippen molar-refractivity contribution in [3.63, 3.8) is 0 Å². The summed E-state index contributed by atoms with van der Waals surface area (Å²) in [6.07, 6.45) is 3.03. The molecule has 0 aliphatic carbocycles. The second-order valence-corrected chi connectivity index (χ2v) is 4.45. The number of aromatic nitrogens is 2. The Balaban J connectivity index is 2.57. The molecule has 0 unspecified atom stereocenters. The number of nitrogens with zero attached hydrogens (tertiary/aromatic N) is 2. The predicted octanol–water partition coefficient (Wildman–Crippen LogP) is 1.69. The Hall–Kier alpha value is -2.05. The molecule has 6 nitrogen and oxygen atoms in total. The van der Waals surface area contributed by atoms with E-state index in [0.717, 1.165) is 0 Å². The molecule has 0 bridgehead atoms. The number of methoxy groups -OCH3 is 1. The van der Waals surface area contributed by atoms with Gasteiger partial charge >= 0.3 is 5.97 Å². The van der Waals surface area contributed by atoms with Crippen LogP contribution in [0, 0.1) is 0 Å². The second-order valence-electron chi connectivity index (χ2n) is 4.04. The van der Waals surface area contributed by atoms with Gasteiger partial charge in [0.25, 0.3) is 0 Å². The highest BCUT2D eigenvalue weighted by atomic mass is 35.5. The molecule has 0 saturated carbocycles. The van der Waals surface area contributed by atoms with Crippen molar-refractivity contribution in [2.45, 2.75) is 6.54 Å². The Morgan fingerprint density at radius 2 is 2.25 bits per heavy atom. The first-order valence-corrected chi connectivity index (χ1v) is 6.18. The maximum absolute atomic E-state index is 11.6. The number of benzene rings is 1. The molecule has 2 aromatic rings. The van der Waals surface area contributed by atoms with E-state index in [4.69, 9.17) is 16.7 Å². The second kappa shape index (κ2) is 5.94. The van der Waals surface area contributed by atoms with Crippen LogP contribution in [-0.2, 0) is 11.3 Å². The van der Waals surface area contributed by atoms with Gasteiger partial charge in [0, 0.05) is 12.1 Å². The Morgan fingerprint density at radius 3 is 2.90 bits per heavy atom. The highest BCUT2D eigenvalue weighted by Crippen LogP contribution is 2.36. The molecule has 0 spiro atoms. The predicted molar refractivity (Wildman–Crippen MR) is 72.8 cm³/mol. The van der Waals surface area contributed by atoms with Gasteiger partial charge in [0.2, 0.25) is 0 Å². The fourth-order valence-corrected chi connectivity index (χ4v) is 2.08. The highest BCUT2D eigenvalue weighted by Gasteiger charge is 2.17. The van der Waals surface area contributed by atoms with Gasteiger partial charge in [-0.1, -0.05) is 11.6 Å². The molecular weight excluding hydrogens is 284 g/mol. The zero-order chi connectivity index (χ0) is 14.7. The number of imidazole rings is 1. The number of hydrogen-bond acceptors (Lipinski definition) is 5. The standard InChI is InChI=1S/C13H13ClN2O4/c1-20-13(19)8-4-9(12(18)10(14)5-8)11-6-15-7-16(11)2-3-17/h4-7,17-18H,2-3H2,1H3. The molecule has 0 amide bonds. The number of phenols is 1. The summed E-state index contributed by atoms with van der Waals surface area (Å²) in [5.41, 5.74) is 1.12. The normalized spacial score (nSPS) is 10.6. The minimum absolute atomic E-state index is 0.0413. The number of halogens is 1. The molecule has 0 aliphatic heterocycles. The summed E-state index contributed by atoms with van der Waals surface area (Å²) in [5, 5.41) is 19.1. The number of phenolic OH excluding ortho intramolecular Hbond substituents is 1. The third kappa shape index (κ3) is 2.61. The molecule has 0 atom stereocenters. The lowest BCUT2D eigenvalue weighted by Gasteiger charge is -2.11. The van der Waals surface area contributed by atoms with E-state index in [-0.39, 0.29) is 22.9 Å². The fourth-order valence-electron chi connectivity index (χ4n) is 1.86. The number of carbonyl (C=O) groups excluding carboxylic acids is 1. The van der Waals surface area contributed by atoms with Crippen LogP contribution in [0.15, 0.2) is 24.7 Å². The maximum Gasteiger partial charge on any atom is 0.337 e. The van der Waals surface area contributed by atoms with E-state index in [0.29, 0.717) is 17.8 Å². The third-order valence-corrected chi connectivity index (χ3v) is 3.10. The number of hydrogen-bond donors (Lipinski definition) is 2. The first-order valence-electron chi connectivity index (χ1n) is 5.80. The van der Waals surface area contributed by atoms with Crippen molar-refractivity contribution in [3.8, 4) is 17.0 Å². The molecule has 0 fully saturated rings. The number of aliphatic hydroxyl groups excluding tert-OH is 1. The SMILES string of the molecule is COC(=O)c1cc(Cl)c(O)c(-c2cncn2CCO)c1. The van der Waals surface area contributed by atoms with E-state index in [2.05, 4.69) is 9.72 Å². The zero-order valence-electron chi connectivity index (χ0n) is 10.7. The minimum Gasteiger partial charge on any atom is -0.506 e. The number of ether oxygens (including phenoxy) is 1. The lowest BCUT2D eigenvalue weighted by molar-refractivity contribution is 0.0601. The lowest BCUT2D eigenvalue weighted by Crippen LogP contribution is -2.04. The number of rotatable bonds is 4. The van der Waals surface area contributed by atoms with Crippen molar-refractivity contribution in [1.82, 2.24) is 9.55 Å². The molecule has 0 saturated heterocycles. The molecular formula is C13H13ClN2O4. The molecule has 1 aromatic heterocycles. The highest BCUT2D eigenvalue weighted by molar-refractivity contribution is 6.32. The Morgan fingerprint density at radius 1 is 1.50 bits per heavy atom. The number of esters is 1. The van der Waals surface area contributed by atoms with E-state index in [1.54, 1.807) is 4.57 Å². The average Bonchev–Trinajstić information content (AvgIpc) is 2.89. The van der Waals surface area contributed by atoms with E-state index in [1.807, 2.05) is 0 Å². The van der Waals surface area contributed by atoms with Crippen molar-refractivity contribution in [3.05, 3.63) is 35.2 Å². The van der Waals surface area contributed by atoms with E-state index >= 15 is 0 Å². The Bertz CT molecular complexity index is 639. The molecule has 0 aliphatic rings. The molecule has 0 radical (unpaired) electrons. The van der Waals surface area contributed by atoms with Crippen LogP contribution in [0.5, 0.6) is 5.75 Å². The van der Waals surface area contributed by atoms with E-state index in [1.165, 1.54) is 31.8 Å². The largest absolute Gasteiger partial charge is 0.506 e. The van der Waals surface area contributed by atoms with Gasteiger partial charge in [-0.05, 0) is 12.1 Å². The summed E-state index contributed by atoms with van der Waals surface area (Å²) in [6, 6.07) is 2.80. The summed E-state index contributed by atoms with van der Waals surface area (Å²) in [4.78, 5) is 15.5. The lowest BCUT2D eigenvalue weighted by atomic mass is 10.1. The maximum atomic E-state index is 11.6. The average molecular weight is 297 g/mol. The molecule has 7 heteroatoms. The van der Waals surface area contributed by atoms with E-state index in [9.17, 15) is 9.90 Å². The van der Waals surface area contributed by atoms with Gasteiger partial charge in [-0.3, -0.25) is 0 Å². The van der Waals surface area contributed by atoms with Crippen LogP contribution in [0.4, 0.5) is 0 Å². The molecule has 106 valence electrons. The molecule has 1 heterocycles. The van der Waals surface area contributed by atoms with Gasteiger partial charge in [-0.25, -0.2) is 9.78 Å². The smallest absolute Gasteiger partial charge is 0.337 e. The first-order chi connectivity index (χ1) is 9.58. The van der Waals surface area contributed by atoms with Crippen LogP contribution < -0.4 is 0 Å². The van der Waals surface area contributed by atoms with Crippen molar-refractivity contribution in [2.75, 3.05) is 13.7 Å². The van der Waals surface area contributed by atoms with Gasteiger partial charge in [0.1, 0.15) is 5.75 Å². The van der Waals surface area contributed by atoms with Gasteiger partial charge in [-0.2, -0.15) is 0 Å². The minimum atomic E-state index is -0.554. The monoisotopic (exact) mass is 296 g/mol. The van der Waals surface area contributed by atoms with Crippen LogP contribution in [0.3, 0.4) is 0 Å². The molecule has 2 rings (SSSR count). The summed E-state index contributed by atoms with van der Waals surface area (Å²) in [6.45, 7) is 0.239. The van der Waals surface area contributed by atoms with Crippen molar-refractivity contribution in [1.29, 1.82) is 0 Å². The Labute approximate surface area is 120 Å². The summed E-state index contributed by atoms with van der Waals surface area (Å²) < 4.78 is 6.28. The summed E-state index contributed by atoms with van der Waals surface area (Å²) in [7, 11) is 1.26. The van der Waals surface area contributed by atoms with Crippen molar-refractivity contribution >= 4 is 17.6 Å². The first kappa shape index (κ1) is 14.4. The van der Waals surface area contributed by atoms with Gasteiger partial charge in [0.05, 0.1) is 42.5 Å². The number of aromatic hydroxyl groups is 1. The summed E-state index contributed by atoms with van der Waals surface area (Å²) in [5.74, 6) is -0.708. The van der Waals surface area contributed by atoms with Crippen LogP contribution in [-0.4, -0.2) is 39.5 Å². The quantitative estimate of drug-likeness (QED) is 0.839. The van der Waals surface area contributed by atoms with Crippen molar-refractivity contribution in [2.24, 2.45) is 0 Å². The molecule has 20 heavy (non-hydrogen) atoms. The molecule has 2 N–H and O–H groups in total.